The first-order valence-corrected chi connectivity index (χ1v) is 6.94. The summed E-state index contributed by atoms with van der Waals surface area (Å²) >= 11 is 0. The van der Waals surface area contributed by atoms with E-state index in [4.69, 9.17) is 4.74 Å². The average Bonchev–Trinajstić information content (AvgIpc) is 2.25. The van der Waals surface area contributed by atoms with Crippen LogP contribution in [0.3, 0.4) is 0 Å². The lowest BCUT2D eigenvalue weighted by Gasteiger charge is -2.23. The summed E-state index contributed by atoms with van der Waals surface area (Å²) in [6.45, 7) is 12.0. The number of allylic oxidation sites excluding steroid dienone is 3. The van der Waals surface area contributed by atoms with Crippen molar-refractivity contribution in [2.24, 2.45) is 0 Å². The molecule has 0 aliphatic rings. The predicted octanol–water partition coefficient (Wildman–Crippen LogP) is 3.12. The molecule has 0 heterocycles. The van der Waals surface area contributed by atoms with Crippen LogP contribution in [0.4, 0.5) is 0 Å². The van der Waals surface area contributed by atoms with Crippen LogP contribution < -0.4 is 0 Å². The van der Waals surface area contributed by atoms with Crippen molar-refractivity contribution in [3.8, 4) is 0 Å². The van der Waals surface area contributed by atoms with Crippen molar-refractivity contribution in [3.05, 3.63) is 36.0 Å². The zero-order valence-electron chi connectivity index (χ0n) is 13.6. The summed E-state index contributed by atoms with van der Waals surface area (Å²) in [5.41, 5.74) is 0.600. The Bertz CT molecular complexity index is 451. The predicted molar refractivity (Wildman–Crippen MR) is 83.8 cm³/mol. The third-order valence-electron chi connectivity index (χ3n) is 2.74. The molecule has 118 valence electrons. The van der Waals surface area contributed by atoms with Gasteiger partial charge in [-0.15, -0.1) is 6.58 Å². The molecule has 0 spiro atoms. The van der Waals surface area contributed by atoms with Gasteiger partial charge < -0.3 is 9.84 Å². The molecule has 0 amide bonds. The molecule has 0 aliphatic carbocycles. The minimum absolute atomic E-state index is 0.000746. The Morgan fingerprint density at radius 3 is 2.29 bits per heavy atom. The summed E-state index contributed by atoms with van der Waals surface area (Å²) in [6.07, 6.45) is 4.56. The number of esters is 1. The quantitative estimate of drug-likeness (QED) is 0.424. The number of hydrogen-bond donors (Lipinski definition) is 1. The topological polar surface area (TPSA) is 63.6 Å². The maximum atomic E-state index is 11.7. The Balaban J connectivity index is 4.96. The van der Waals surface area contributed by atoms with E-state index in [0.29, 0.717) is 0 Å². The van der Waals surface area contributed by atoms with E-state index in [1.807, 2.05) is 13.8 Å². The number of carbonyl (C=O) groups excluding carboxylic acids is 2. The highest BCUT2D eigenvalue weighted by Crippen LogP contribution is 2.18. The monoisotopic (exact) mass is 294 g/mol. The first kappa shape index (κ1) is 19.3. The van der Waals surface area contributed by atoms with Crippen molar-refractivity contribution in [2.75, 3.05) is 0 Å². The van der Waals surface area contributed by atoms with Crippen molar-refractivity contribution in [3.63, 3.8) is 0 Å². The zero-order valence-corrected chi connectivity index (χ0v) is 13.6. The van der Waals surface area contributed by atoms with Crippen molar-refractivity contribution >= 4 is 11.8 Å². The van der Waals surface area contributed by atoms with Gasteiger partial charge in [-0.05, 0) is 39.8 Å². The number of carbonyl (C=O) groups is 2. The van der Waals surface area contributed by atoms with Crippen LogP contribution in [0.5, 0.6) is 0 Å². The lowest BCUT2D eigenvalue weighted by Crippen LogP contribution is -2.29. The van der Waals surface area contributed by atoms with Crippen LogP contribution in [0, 0.1) is 0 Å². The summed E-state index contributed by atoms with van der Waals surface area (Å²) in [5.74, 6) is -0.430. The summed E-state index contributed by atoms with van der Waals surface area (Å²) in [6, 6.07) is 0. The summed E-state index contributed by atoms with van der Waals surface area (Å²) in [7, 11) is 0. The molecule has 4 nitrogen and oxygen atoms in total. The van der Waals surface area contributed by atoms with Crippen molar-refractivity contribution in [2.45, 2.75) is 59.2 Å². The van der Waals surface area contributed by atoms with Gasteiger partial charge in [0.2, 0.25) is 0 Å². The van der Waals surface area contributed by atoms with Gasteiger partial charge in [0.25, 0.3) is 0 Å². The first-order chi connectivity index (χ1) is 9.55. The van der Waals surface area contributed by atoms with Gasteiger partial charge in [-0.25, -0.2) is 0 Å². The Kier molecular flexibility index (Phi) is 7.89. The van der Waals surface area contributed by atoms with Crippen molar-refractivity contribution in [1.29, 1.82) is 0 Å². The third kappa shape index (κ3) is 9.79. The number of rotatable bonds is 8. The largest absolute Gasteiger partial charge is 0.458 e. The molecular formula is C17H26O4. The van der Waals surface area contributed by atoms with Crippen LogP contribution in [0.25, 0.3) is 0 Å². The van der Waals surface area contributed by atoms with Crippen molar-refractivity contribution in [1.82, 2.24) is 0 Å². The second kappa shape index (κ2) is 8.57. The molecule has 0 aliphatic heterocycles. The summed E-state index contributed by atoms with van der Waals surface area (Å²) in [5, 5.41) is 10.0. The smallest absolute Gasteiger partial charge is 0.303 e. The molecule has 1 N–H and O–H groups in total. The van der Waals surface area contributed by atoms with Crippen molar-refractivity contribution < 1.29 is 19.4 Å². The molecule has 21 heavy (non-hydrogen) atoms. The molecule has 2 atom stereocenters. The van der Waals surface area contributed by atoms with E-state index >= 15 is 0 Å². The molecule has 0 aromatic rings. The fourth-order valence-corrected chi connectivity index (χ4v) is 1.86. The van der Waals surface area contributed by atoms with Gasteiger partial charge in [0, 0.05) is 19.8 Å². The maximum Gasteiger partial charge on any atom is 0.303 e. The molecule has 0 fully saturated rings. The second-order valence-electron chi connectivity index (χ2n) is 5.79. The maximum absolute atomic E-state index is 11.7. The molecule has 0 aromatic heterocycles. The highest BCUT2D eigenvalue weighted by molar-refractivity contribution is 5.91. The zero-order chi connectivity index (χ0) is 16.6. The van der Waals surface area contributed by atoms with Gasteiger partial charge in [-0.1, -0.05) is 17.2 Å². The Hall–Kier alpha value is -1.68. The van der Waals surface area contributed by atoms with E-state index in [2.05, 4.69) is 6.58 Å². The van der Waals surface area contributed by atoms with E-state index in [-0.39, 0.29) is 18.6 Å². The summed E-state index contributed by atoms with van der Waals surface area (Å²) < 4.78 is 5.17. The molecule has 0 rings (SSSR count). The molecule has 0 saturated carbocycles. The Labute approximate surface area is 127 Å². The van der Waals surface area contributed by atoms with Crippen LogP contribution in [-0.4, -0.2) is 28.6 Å². The minimum Gasteiger partial charge on any atom is -0.458 e. The van der Waals surface area contributed by atoms with E-state index < -0.39 is 17.7 Å². The number of ketones is 1. The van der Waals surface area contributed by atoms with E-state index in [9.17, 15) is 14.7 Å². The van der Waals surface area contributed by atoms with Gasteiger partial charge >= 0.3 is 5.97 Å². The van der Waals surface area contributed by atoms with Gasteiger partial charge in [-0.3, -0.25) is 9.59 Å². The van der Waals surface area contributed by atoms with Crippen LogP contribution in [-0.2, 0) is 14.3 Å². The number of aliphatic hydroxyl groups is 1. The van der Waals surface area contributed by atoms with E-state index in [1.54, 1.807) is 26.0 Å². The fraction of sp³-hybridized carbons (Fsp3) is 0.529. The molecule has 0 unspecified atom stereocenters. The lowest BCUT2D eigenvalue weighted by atomic mass is 9.96. The highest BCUT2D eigenvalue weighted by Gasteiger charge is 2.23. The average molecular weight is 294 g/mol. The molecule has 0 saturated heterocycles. The van der Waals surface area contributed by atoms with Gasteiger partial charge in [0.1, 0.15) is 6.10 Å². The molecule has 4 heteroatoms. The first-order valence-electron chi connectivity index (χ1n) is 6.94. The van der Waals surface area contributed by atoms with Crippen LogP contribution in [0.15, 0.2) is 36.0 Å². The Morgan fingerprint density at radius 2 is 1.86 bits per heavy atom. The normalized spacial score (nSPS) is 15.6. The Morgan fingerprint density at radius 1 is 1.29 bits per heavy atom. The molecule has 0 radical (unpaired) electrons. The SMILES string of the molecule is C=C[C@@](C)(O)C[C@@H](/C=C(\C)CC(=O)C=C(C)C)OC(C)=O. The van der Waals surface area contributed by atoms with Gasteiger partial charge in [-0.2, -0.15) is 0 Å². The molecular weight excluding hydrogens is 268 g/mol. The second-order valence-corrected chi connectivity index (χ2v) is 5.79. The fourth-order valence-electron chi connectivity index (χ4n) is 1.86. The molecule has 0 bridgehead atoms. The number of ether oxygens (including phenoxy) is 1. The standard InChI is InChI=1S/C17H26O4/c1-7-17(6,20)11-16(21-14(5)18)10-13(4)9-15(19)8-12(2)3/h7-8,10,16,20H,1,9,11H2,2-6H3/b13-10+/t16-,17-/m1/s1. The summed E-state index contributed by atoms with van der Waals surface area (Å²) in [4.78, 5) is 22.9. The van der Waals surface area contributed by atoms with Crippen LogP contribution in [0.1, 0.15) is 47.5 Å². The van der Waals surface area contributed by atoms with E-state index in [0.717, 1.165) is 11.1 Å². The van der Waals surface area contributed by atoms with E-state index in [1.165, 1.54) is 13.0 Å². The lowest BCUT2D eigenvalue weighted by molar-refractivity contribution is -0.145. The minimum atomic E-state index is -1.14. The van der Waals surface area contributed by atoms with Crippen LogP contribution >= 0.6 is 0 Å². The van der Waals surface area contributed by atoms with Gasteiger partial charge in [0.15, 0.2) is 5.78 Å². The molecule has 0 aromatic carbocycles. The van der Waals surface area contributed by atoms with Crippen LogP contribution in [0.2, 0.25) is 0 Å². The number of hydrogen-bond acceptors (Lipinski definition) is 4. The van der Waals surface area contributed by atoms with Gasteiger partial charge in [0.05, 0.1) is 5.60 Å². The third-order valence-corrected chi connectivity index (χ3v) is 2.74. The highest BCUT2D eigenvalue weighted by atomic mass is 16.5.